The number of anilines is 3. The van der Waals surface area contributed by atoms with Crippen LogP contribution in [-0.4, -0.2) is 59.1 Å². The molecule has 0 aromatic carbocycles. The van der Waals surface area contributed by atoms with Crippen molar-refractivity contribution in [2.24, 2.45) is 0 Å². The average Bonchev–Trinajstić information content (AvgIpc) is 2.36. The number of likely N-dealkylation sites (N-methyl/N-ethyl adjacent to an activating group) is 1. The first-order chi connectivity index (χ1) is 9.06. The van der Waals surface area contributed by atoms with Crippen LogP contribution in [-0.2, 0) is 0 Å². The van der Waals surface area contributed by atoms with Gasteiger partial charge in [-0.15, -0.1) is 0 Å². The predicted octanol–water partition coefficient (Wildman–Crippen LogP) is 0.453. The molecular weight excluding hydrogens is 242 g/mol. The van der Waals surface area contributed by atoms with E-state index >= 15 is 0 Å². The average molecular weight is 265 g/mol. The van der Waals surface area contributed by atoms with Gasteiger partial charge in [0.1, 0.15) is 12.0 Å². The van der Waals surface area contributed by atoms with E-state index in [4.69, 9.17) is 5.73 Å². The highest BCUT2D eigenvalue weighted by atomic mass is 15.5. The minimum Gasteiger partial charge on any atom is -0.393 e. The van der Waals surface area contributed by atoms with E-state index in [0.29, 0.717) is 17.3 Å². The maximum absolute atomic E-state index is 6.09. The molecule has 7 nitrogen and oxygen atoms in total. The van der Waals surface area contributed by atoms with Crippen molar-refractivity contribution in [3.63, 3.8) is 0 Å². The molecule has 0 bridgehead atoms. The number of hydrogen-bond donors (Lipinski definition) is 3. The Morgan fingerprint density at radius 1 is 1.16 bits per heavy atom. The number of hydrazine groups is 1. The van der Waals surface area contributed by atoms with Crippen molar-refractivity contribution in [1.29, 1.82) is 0 Å². The number of rotatable bonds is 4. The Morgan fingerprint density at radius 2 is 1.79 bits per heavy atom. The highest BCUT2D eigenvalue weighted by Gasteiger charge is 2.16. The molecule has 0 aliphatic carbocycles. The molecule has 1 fully saturated rings. The van der Waals surface area contributed by atoms with Crippen LogP contribution in [0, 0.1) is 0 Å². The molecule has 106 valence electrons. The van der Waals surface area contributed by atoms with E-state index in [1.165, 1.54) is 6.33 Å². The van der Waals surface area contributed by atoms with Gasteiger partial charge in [0.2, 0.25) is 0 Å². The van der Waals surface area contributed by atoms with Gasteiger partial charge in [-0.1, -0.05) is 0 Å². The van der Waals surface area contributed by atoms with Gasteiger partial charge in [0.15, 0.2) is 11.6 Å². The number of hydrogen-bond acceptors (Lipinski definition) is 7. The van der Waals surface area contributed by atoms with Gasteiger partial charge in [0, 0.05) is 32.2 Å². The van der Waals surface area contributed by atoms with Crippen LogP contribution in [0.2, 0.25) is 0 Å². The number of nitrogens with two attached hydrogens (primary N) is 1. The first-order valence-electron chi connectivity index (χ1n) is 6.63. The molecule has 2 rings (SSSR count). The lowest BCUT2D eigenvalue weighted by molar-refractivity contribution is 0.178. The van der Waals surface area contributed by atoms with Crippen molar-refractivity contribution >= 4 is 17.3 Å². The highest BCUT2D eigenvalue weighted by Crippen LogP contribution is 2.23. The zero-order chi connectivity index (χ0) is 13.8. The summed E-state index contributed by atoms with van der Waals surface area (Å²) in [6.45, 7) is 8.08. The standard InChI is InChI=1S/C12H23N7/c1-9(2)16-11-10(13)12(15-8-14-11)17-19-6-4-18(3)5-7-19/h8-9H,4-7,13H2,1-3H3,(H2,14,15,16,17). The molecule has 0 atom stereocenters. The topological polar surface area (TPSA) is 82.3 Å². The fraction of sp³-hybridized carbons (Fsp3) is 0.667. The molecule has 0 spiro atoms. The Hall–Kier alpha value is -1.60. The van der Waals surface area contributed by atoms with Crippen LogP contribution in [0.5, 0.6) is 0 Å². The number of nitrogens with zero attached hydrogens (tertiary/aromatic N) is 4. The molecular formula is C12H23N7. The molecule has 0 unspecified atom stereocenters. The van der Waals surface area contributed by atoms with E-state index < -0.39 is 0 Å². The first kappa shape index (κ1) is 13.8. The molecule has 1 aliphatic heterocycles. The molecule has 1 aromatic rings. The van der Waals surface area contributed by atoms with E-state index in [1.54, 1.807) is 0 Å². The fourth-order valence-electron chi connectivity index (χ4n) is 1.94. The quantitative estimate of drug-likeness (QED) is 0.729. The SMILES string of the molecule is CC(C)Nc1ncnc(NN2CCN(C)CC2)c1N. The van der Waals surface area contributed by atoms with Crippen molar-refractivity contribution in [1.82, 2.24) is 19.9 Å². The van der Waals surface area contributed by atoms with Crippen LogP contribution in [0.3, 0.4) is 0 Å². The lowest BCUT2D eigenvalue weighted by atomic mass is 10.3. The Balaban J connectivity index is 2.04. The summed E-state index contributed by atoms with van der Waals surface area (Å²) >= 11 is 0. The zero-order valence-electron chi connectivity index (χ0n) is 11.8. The van der Waals surface area contributed by atoms with Gasteiger partial charge in [0.05, 0.1) is 0 Å². The Bertz CT molecular complexity index is 413. The van der Waals surface area contributed by atoms with Gasteiger partial charge in [-0.05, 0) is 20.9 Å². The van der Waals surface area contributed by atoms with Gasteiger partial charge in [-0.2, -0.15) is 0 Å². The molecule has 1 saturated heterocycles. The summed E-state index contributed by atoms with van der Waals surface area (Å²) in [5.74, 6) is 1.35. The maximum atomic E-state index is 6.09. The van der Waals surface area contributed by atoms with Gasteiger partial charge in [-0.25, -0.2) is 15.0 Å². The monoisotopic (exact) mass is 265 g/mol. The third kappa shape index (κ3) is 3.68. The van der Waals surface area contributed by atoms with Crippen LogP contribution in [0.4, 0.5) is 17.3 Å². The van der Waals surface area contributed by atoms with Crippen LogP contribution >= 0.6 is 0 Å². The predicted molar refractivity (Wildman–Crippen MR) is 77.9 cm³/mol. The number of aromatic nitrogens is 2. The molecule has 0 amide bonds. The van der Waals surface area contributed by atoms with Crippen LogP contribution < -0.4 is 16.5 Å². The molecule has 2 heterocycles. The third-order valence-electron chi connectivity index (χ3n) is 3.08. The normalized spacial score (nSPS) is 17.7. The second-order valence-electron chi connectivity index (χ2n) is 5.19. The van der Waals surface area contributed by atoms with E-state index in [-0.39, 0.29) is 6.04 Å². The minimum absolute atomic E-state index is 0.286. The molecule has 4 N–H and O–H groups in total. The van der Waals surface area contributed by atoms with Gasteiger partial charge in [0.25, 0.3) is 0 Å². The molecule has 19 heavy (non-hydrogen) atoms. The molecule has 7 heteroatoms. The molecule has 0 saturated carbocycles. The Kier molecular flexibility index (Phi) is 4.39. The second-order valence-corrected chi connectivity index (χ2v) is 5.19. The maximum Gasteiger partial charge on any atom is 0.169 e. The van der Waals surface area contributed by atoms with E-state index in [2.05, 4.69) is 51.5 Å². The summed E-state index contributed by atoms with van der Waals surface area (Å²) in [5.41, 5.74) is 9.93. The summed E-state index contributed by atoms with van der Waals surface area (Å²) in [4.78, 5) is 10.7. The number of nitrogens with one attached hydrogen (secondary N) is 2. The van der Waals surface area contributed by atoms with Crippen molar-refractivity contribution in [3.8, 4) is 0 Å². The van der Waals surface area contributed by atoms with E-state index in [9.17, 15) is 0 Å². The molecule has 1 aromatic heterocycles. The van der Waals surface area contributed by atoms with E-state index in [0.717, 1.165) is 26.2 Å². The molecule has 0 radical (unpaired) electrons. The summed E-state index contributed by atoms with van der Waals surface area (Å²) in [7, 11) is 2.13. The molecule has 1 aliphatic rings. The minimum atomic E-state index is 0.286. The third-order valence-corrected chi connectivity index (χ3v) is 3.08. The highest BCUT2D eigenvalue weighted by molar-refractivity contribution is 5.73. The smallest absolute Gasteiger partial charge is 0.169 e. The fourth-order valence-corrected chi connectivity index (χ4v) is 1.94. The summed E-state index contributed by atoms with van der Waals surface area (Å²) < 4.78 is 0. The Labute approximate surface area is 114 Å². The number of piperazine rings is 1. The van der Waals surface area contributed by atoms with Crippen LogP contribution in [0.25, 0.3) is 0 Å². The van der Waals surface area contributed by atoms with Crippen LogP contribution in [0.1, 0.15) is 13.8 Å². The summed E-state index contributed by atoms with van der Waals surface area (Å²) in [6.07, 6.45) is 1.53. The first-order valence-corrected chi connectivity index (χ1v) is 6.63. The van der Waals surface area contributed by atoms with Crippen LogP contribution in [0.15, 0.2) is 6.33 Å². The lowest BCUT2D eigenvalue weighted by Crippen LogP contribution is -2.47. The van der Waals surface area contributed by atoms with Crippen molar-refractivity contribution in [2.75, 3.05) is 49.7 Å². The largest absolute Gasteiger partial charge is 0.393 e. The van der Waals surface area contributed by atoms with Gasteiger partial charge in [-0.3, -0.25) is 0 Å². The summed E-state index contributed by atoms with van der Waals surface area (Å²) in [5, 5.41) is 5.35. The van der Waals surface area contributed by atoms with E-state index in [1.807, 2.05) is 0 Å². The number of nitrogen functional groups attached to an aromatic ring is 1. The van der Waals surface area contributed by atoms with Gasteiger partial charge >= 0.3 is 0 Å². The second kappa shape index (κ2) is 6.03. The lowest BCUT2D eigenvalue weighted by Gasteiger charge is -2.33. The Morgan fingerprint density at radius 3 is 2.42 bits per heavy atom. The summed E-state index contributed by atoms with van der Waals surface area (Å²) in [6, 6.07) is 0.286. The van der Waals surface area contributed by atoms with Crippen molar-refractivity contribution in [2.45, 2.75) is 19.9 Å². The van der Waals surface area contributed by atoms with Gasteiger partial charge < -0.3 is 21.4 Å². The zero-order valence-corrected chi connectivity index (χ0v) is 11.8. The van der Waals surface area contributed by atoms with Crippen molar-refractivity contribution < 1.29 is 0 Å². The van der Waals surface area contributed by atoms with Crippen molar-refractivity contribution in [3.05, 3.63) is 6.33 Å².